The van der Waals surface area contributed by atoms with Crippen LogP contribution in [-0.4, -0.2) is 37.6 Å². The highest BCUT2D eigenvalue weighted by molar-refractivity contribution is 6.33. The van der Waals surface area contributed by atoms with Crippen molar-refractivity contribution in [3.63, 3.8) is 0 Å². The monoisotopic (exact) mass is 306 g/mol. The van der Waals surface area contributed by atoms with Gasteiger partial charge in [0.1, 0.15) is 0 Å². The Balaban J connectivity index is 1.77. The van der Waals surface area contributed by atoms with Crippen LogP contribution in [0, 0.1) is 5.92 Å². The molecule has 1 saturated heterocycles. The van der Waals surface area contributed by atoms with E-state index in [0.717, 1.165) is 37.1 Å². The summed E-state index contributed by atoms with van der Waals surface area (Å²) >= 11 is 6.29. The molecule has 2 rings (SSSR count). The lowest BCUT2D eigenvalue weighted by molar-refractivity contribution is 0.220. The lowest BCUT2D eigenvalue weighted by atomic mass is 10.0. The molecule has 0 N–H and O–H groups in total. The van der Waals surface area contributed by atoms with Gasteiger partial charge in [0.25, 0.3) is 0 Å². The Labute approximate surface area is 134 Å². The van der Waals surface area contributed by atoms with Crippen LogP contribution >= 0.6 is 11.6 Å². The Morgan fingerprint density at radius 1 is 1.19 bits per heavy atom. The molecule has 1 aromatic carbocycles. The fourth-order valence-electron chi connectivity index (χ4n) is 2.96. The van der Waals surface area contributed by atoms with Crippen molar-refractivity contribution in [3.05, 3.63) is 41.4 Å². The largest absolute Gasteiger partial charge is 0.368 e. The number of hydrogen-bond donors (Lipinski definition) is 0. The number of rotatable bonds is 6. The van der Waals surface area contributed by atoms with Gasteiger partial charge in [0.15, 0.2) is 0 Å². The van der Waals surface area contributed by atoms with Gasteiger partial charge in [0, 0.05) is 32.7 Å². The molecule has 1 fully saturated rings. The van der Waals surface area contributed by atoms with Crippen LogP contribution in [0.2, 0.25) is 5.02 Å². The first-order valence-corrected chi connectivity index (χ1v) is 8.41. The van der Waals surface area contributed by atoms with Crippen molar-refractivity contribution in [2.45, 2.75) is 26.7 Å². The number of allylic oxidation sites excluding steroid dienone is 2. The average molecular weight is 307 g/mol. The van der Waals surface area contributed by atoms with Gasteiger partial charge in [-0.3, -0.25) is 4.90 Å². The first kappa shape index (κ1) is 16.4. The van der Waals surface area contributed by atoms with Crippen LogP contribution < -0.4 is 4.90 Å². The van der Waals surface area contributed by atoms with E-state index >= 15 is 0 Å². The zero-order valence-corrected chi connectivity index (χ0v) is 14.0. The Morgan fingerprint density at radius 2 is 1.90 bits per heavy atom. The molecule has 0 bridgehead atoms. The smallest absolute Gasteiger partial charge is 0.0639 e. The zero-order valence-electron chi connectivity index (χ0n) is 13.3. The predicted octanol–water partition coefficient (Wildman–Crippen LogP) is 4.45. The van der Waals surface area contributed by atoms with Gasteiger partial charge in [-0.05, 0) is 37.8 Å². The molecule has 0 spiro atoms. The van der Waals surface area contributed by atoms with Crippen molar-refractivity contribution in [2.24, 2.45) is 5.92 Å². The number of benzene rings is 1. The molecule has 0 aliphatic carbocycles. The third-order valence-electron chi connectivity index (χ3n) is 4.20. The molecular weight excluding hydrogens is 280 g/mol. The molecule has 1 aromatic rings. The third kappa shape index (κ3) is 5.05. The standard InChI is InChI=1S/C18H27ClN2/c1-3-4-5-8-16(2)15-20-11-13-21(14-12-20)18-10-7-6-9-17(18)19/h3-4,6-7,9-10,16H,5,8,11-15H2,1-2H3. The lowest BCUT2D eigenvalue weighted by Gasteiger charge is -2.37. The quantitative estimate of drug-likeness (QED) is 0.716. The van der Waals surface area contributed by atoms with Gasteiger partial charge < -0.3 is 4.90 Å². The first-order valence-electron chi connectivity index (χ1n) is 8.03. The molecule has 1 atom stereocenters. The summed E-state index contributed by atoms with van der Waals surface area (Å²) in [4.78, 5) is 5.00. The van der Waals surface area contributed by atoms with Crippen LogP contribution in [-0.2, 0) is 0 Å². The molecule has 0 radical (unpaired) electrons. The topological polar surface area (TPSA) is 6.48 Å². The van der Waals surface area contributed by atoms with Gasteiger partial charge in [-0.1, -0.05) is 42.8 Å². The Bertz CT molecular complexity index is 450. The fourth-order valence-corrected chi connectivity index (χ4v) is 3.21. The SMILES string of the molecule is CC=CCCC(C)CN1CCN(c2ccccc2Cl)CC1. The third-order valence-corrected chi connectivity index (χ3v) is 4.52. The maximum atomic E-state index is 6.29. The Morgan fingerprint density at radius 3 is 2.57 bits per heavy atom. The molecule has 2 nitrogen and oxygen atoms in total. The van der Waals surface area contributed by atoms with Crippen molar-refractivity contribution in [2.75, 3.05) is 37.6 Å². The maximum absolute atomic E-state index is 6.29. The van der Waals surface area contributed by atoms with Gasteiger partial charge in [0.2, 0.25) is 0 Å². The van der Waals surface area contributed by atoms with Gasteiger partial charge in [-0.25, -0.2) is 0 Å². The number of hydrogen-bond acceptors (Lipinski definition) is 2. The molecule has 0 amide bonds. The van der Waals surface area contributed by atoms with Gasteiger partial charge in [-0.2, -0.15) is 0 Å². The summed E-state index contributed by atoms with van der Waals surface area (Å²) < 4.78 is 0. The lowest BCUT2D eigenvalue weighted by Crippen LogP contribution is -2.47. The Hall–Kier alpha value is -0.990. The normalized spacial score (nSPS) is 18.3. The second-order valence-electron chi connectivity index (χ2n) is 5.99. The summed E-state index contributed by atoms with van der Waals surface area (Å²) in [5.74, 6) is 0.771. The summed E-state index contributed by atoms with van der Waals surface area (Å²) in [5.41, 5.74) is 1.18. The van der Waals surface area contributed by atoms with E-state index in [1.807, 2.05) is 12.1 Å². The van der Waals surface area contributed by atoms with Crippen molar-refractivity contribution < 1.29 is 0 Å². The van der Waals surface area contributed by atoms with E-state index < -0.39 is 0 Å². The van der Waals surface area contributed by atoms with Crippen LogP contribution in [0.1, 0.15) is 26.7 Å². The van der Waals surface area contributed by atoms with Crippen molar-refractivity contribution in [3.8, 4) is 0 Å². The van der Waals surface area contributed by atoms with Crippen molar-refractivity contribution >= 4 is 17.3 Å². The molecule has 1 unspecified atom stereocenters. The molecule has 1 aliphatic heterocycles. The molecule has 116 valence electrons. The molecule has 1 aliphatic rings. The molecular formula is C18H27ClN2. The highest BCUT2D eigenvalue weighted by Crippen LogP contribution is 2.26. The van der Waals surface area contributed by atoms with Crippen LogP contribution in [0.4, 0.5) is 5.69 Å². The Kier molecular flexibility index (Phi) is 6.59. The number of anilines is 1. The van der Waals surface area contributed by atoms with Gasteiger partial charge in [-0.15, -0.1) is 0 Å². The molecule has 1 heterocycles. The summed E-state index contributed by atoms with van der Waals surface area (Å²) in [6, 6.07) is 8.16. The van der Waals surface area contributed by atoms with Crippen LogP contribution in [0.3, 0.4) is 0 Å². The van der Waals surface area contributed by atoms with E-state index in [1.165, 1.54) is 25.1 Å². The molecule has 3 heteroatoms. The highest BCUT2D eigenvalue weighted by atomic mass is 35.5. The maximum Gasteiger partial charge on any atom is 0.0639 e. The summed E-state index contributed by atoms with van der Waals surface area (Å²) in [6.07, 6.45) is 6.91. The number of piperazine rings is 1. The minimum Gasteiger partial charge on any atom is -0.368 e. The van der Waals surface area contributed by atoms with Gasteiger partial charge >= 0.3 is 0 Å². The zero-order chi connectivity index (χ0) is 15.1. The van der Waals surface area contributed by atoms with Crippen molar-refractivity contribution in [1.29, 1.82) is 0 Å². The number of para-hydroxylation sites is 1. The number of halogens is 1. The van der Waals surface area contributed by atoms with Crippen LogP contribution in [0.25, 0.3) is 0 Å². The summed E-state index contributed by atoms with van der Waals surface area (Å²) in [6.45, 7) is 10.1. The average Bonchev–Trinajstić information content (AvgIpc) is 2.49. The second kappa shape index (κ2) is 8.45. The van der Waals surface area contributed by atoms with Crippen LogP contribution in [0.15, 0.2) is 36.4 Å². The van der Waals surface area contributed by atoms with E-state index in [9.17, 15) is 0 Å². The second-order valence-corrected chi connectivity index (χ2v) is 6.40. The van der Waals surface area contributed by atoms with Gasteiger partial charge in [0.05, 0.1) is 10.7 Å². The van der Waals surface area contributed by atoms with Crippen molar-refractivity contribution in [1.82, 2.24) is 4.90 Å². The van der Waals surface area contributed by atoms with Crippen LogP contribution in [0.5, 0.6) is 0 Å². The summed E-state index contributed by atoms with van der Waals surface area (Å²) in [5, 5.41) is 0.866. The van der Waals surface area contributed by atoms with E-state index in [1.54, 1.807) is 0 Å². The summed E-state index contributed by atoms with van der Waals surface area (Å²) in [7, 11) is 0. The fraction of sp³-hybridized carbons (Fsp3) is 0.556. The molecule has 21 heavy (non-hydrogen) atoms. The first-order chi connectivity index (χ1) is 10.2. The molecule has 0 aromatic heterocycles. The molecule has 0 saturated carbocycles. The minimum atomic E-state index is 0.771. The van der Waals surface area contributed by atoms with E-state index in [2.05, 4.69) is 47.9 Å². The predicted molar refractivity (Wildman–Crippen MR) is 93.3 cm³/mol. The van der Waals surface area contributed by atoms with E-state index in [4.69, 9.17) is 11.6 Å². The van der Waals surface area contributed by atoms with E-state index in [0.29, 0.717) is 0 Å². The minimum absolute atomic E-state index is 0.771. The highest BCUT2D eigenvalue weighted by Gasteiger charge is 2.19. The van der Waals surface area contributed by atoms with E-state index in [-0.39, 0.29) is 0 Å². The number of nitrogens with zero attached hydrogens (tertiary/aromatic N) is 2.